The van der Waals surface area contributed by atoms with Crippen molar-refractivity contribution in [3.05, 3.63) is 90.4 Å². The number of fused-ring (bicyclic) bond motifs is 1. The predicted molar refractivity (Wildman–Crippen MR) is 138 cm³/mol. The van der Waals surface area contributed by atoms with E-state index in [4.69, 9.17) is 0 Å². The van der Waals surface area contributed by atoms with E-state index in [0.717, 1.165) is 28.4 Å². The van der Waals surface area contributed by atoms with E-state index in [1.165, 1.54) is 12.1 Å². The van der Waals surface area contributed by atoms with Crippen LogP contribution in [0, 0.1) is 11.7 Å². The summed E-state index contributed by atoms with van der Waals surface area (Å²) in [5, 5.41) is 5.27. The summed E-state index contributed by atoms with van der Waals surface area (Å²) in [6, 6.07) is 20.4. The quantitative estimate of drug-likeness (QED) is 0.410. The van der Waals surface area contributed by atoms with Gasteiger partial charge in [0.15, 0.2) is 0 Å². The van der Waals surface area contributed by atoms with Crippen LogP contribution in [0.4, 0.5) is 10.1 Å². The van der Waals surface area contributed by atoms with E-state index in [1.54, 1.807) is 27.9 Å². The van der Waals surface area contributed by atoms with Gasteiger partial charge < -0.3 is 4.90 Å². The number of aromatic nitrogens is 2. The SMILES string of the molecule is CCC1[C@@H](NS(C)(=O)=O)C(Cc2ccccc2)C(=O)N1c1ccc2c(cnn2-c2ccc(F)cc2)c1. The first-order valence-corrected chi connectivity index (χ1v) is 13.7. The molecule has 36 heavy (non-hydrogen) atoms. The lowest BCUT2D eigenvalue weighted by molar-refractivity contribution is -0.120. The zero-order valence-electron chi connectivity index (χ0n) is 20.0. The summed E-state index contributed by atoms with van der Waals surface area (Å²) >= 11 is 0. The first kappa shape index (κ1) is 24.1. The molecule has 1 aliphatic rings. The fraction of sp³-hybridized carbons (Fsp3) is 0.259. The van der Waals surface area contributed by atoms with E-state index in [9.17, 15) is 17.6 Å². The standard InChI is InChI=1S/C27H27FN4O3S/c1-3-24-26(30-36(2,34)35)23(15-18-7-5-4-6-8-18)27(33)31(24)22-13-14-25-19(16-22)17-29-32(25)21-11-9-20(28)10-12-21/h4-14,16-17,23-24,26,30H,3,15H2,1-2H3/t23?,24?,26-/m0/s1. The smallest absolute Gasteiger partial charge is 0.232 e. The van der Waals surface area contributed by atoms with Gasteiger partial charge >= 0.3 is 0 Å². The van der Waals surface area contributed by atoms with E-state index in [1.807, 2.05) is 55.5 Å². The molecule has 4 aromatic rings. The van der Waals surface area contributed by atoms with E-state index < -0.39 is 22.0 Å². The van der Waals surface area contributed by atoms with Crippen LogP contribution in [0.25, 0.3) is 16.6 Å². The van der Waals surface area contributed by atoms with Crippen LogP contribution in [-0.2, 0) is 21.2 Å². The maximum atomic E-state index is 13.8. The second-order valence-electron chi connectivity index (χ2n) is 9.17. The van der Waals surface area contributed by atoms with Gasteiger partial charge in [0.2, 0.25) is 15.9 Å². The molecule has 0 aliphatic carbocycles. The average molecular weight is 507 g/mol. The number of sulfonamides is 1. The van der Waals surface area contributed by atoms with Crippen molar-refractivity contribution in [1.82, 2.24) is 14.5 Å². The van der Waals surface area contributed by atoms with E-state index >= 15 is 0 Å². The highest BCUT2D eigenvalue weighted by molar-refractivity contribution is 7.88. The molecule has 1 amide bonds. The molecule has 0 bridgehead atoms. The Hall–Kier alpha value is -3.56. The second kappa shape index (κ2) is 9.48. The van der Waals surface area contributed by atoms with Gasteiger partial charge in [-0.2, -0.15) is 5.10 Å². The maximum Gasteiger partial charge on any atom is 0.232 e. The Morgan fingerprint density at radius 1 is 1.00 bits per heavy atom. The van der Waals surface area contributed by atoms with Crippen LogP contribution in [-0.4, -0.2) is 42.4 Å². The topological polar surface area (TPSA) is 84.3 Å². The lowest BCUT2D eigenvalue weighted by atomic mass is 9.91. The molecule has 0 spiro atoms. The predicted octanol–water partition coefficient (Wildman–Crippen LogP) is 4.07. The third kappa shape index (κ3) is 4.64. The van der Waals surface area contributed by atoms with E-state index in [0.29, 0.717) is 18.5 Å². The molecule has 1 aliphatic heterocycles. The number of anilines is 1. The highest BCUT2D eigenvalue weighted by Crippen LogP contribution is 2.36. The molecule has 2 heterocycles. The number of hydrogen-bond acceptors (Lipinski definition) is 4. The lowest BCUT2D eigenvalue weighted by Crippen LogP contribution is -2.46. The van der Waals surface area contributed by atoms with Gasteiger partial charge in [0.05, 0.1) is 41.7 Å². The van der Waals surface area contributed by atoms with Gasteiger partial charge in [0.25, 0.3) is 0 Å². The van der Waals surface area contributed by atoms with Gasteiger partial charge in [-0.05, 0) is 60.9 Å². The summed E-state index contributed by atoms with van der Waals surface area (Å²) in [6.07, 6.45) is 3.85. The third-order valence-corrected chi connectivity index (χ3v) is 7.40. The van der Waals surface area contributed by atoms with Crippen LogP contribution in [0.5, 0.6) is 0 Å². The number of benzene rings is 3. The molecule has 1 saturated heterocycles. The van der Waals surface area contributed by atoms with Gasteiger partial charge in [-0.25, -0.2) is 22.2 Å². The Kier molecular flexibility index (Phi) is 6.36. The first-order valence-electron chi connectivity index (χ1n) is 11.8. The Morgan fingerprint density at radius 3 is 2.36 bits per heavy atom. The van der Waals surface area contributed by atoms with Crippen LogP contribution < -0.4 is 9.62 Å². The number of carbonyl (C=O) groups excluding carboxylic acids is 1. The molecule has 186 valence electrons. The van der Waals surface area contributed by atoms with E-state index in [-0.39, 0.29) is 17.8 Å². The minimum absolute atomic E-state index is 0.114. The third-order valence-electron chi connectivity index (χ3n) is 6.70. The molecule has 1 fully saturated rings. The first-order chi connectivity index (χ1) is 17.2. The van der Waals surface area contributed by atoms with Gasteiger partial charge in [0.1, 0.15) is 5.82 Å². The zero-order chi connectivity index (χ0) is 25.4. The summed E-state index contributed by atoms with van der Waals surface area (Å²) in [5.74, 6) is -0.972. The molecule has 2 unspecified atom stereocenters. The largest absolute Gasteiger partial charge is 0.307 e. The fourth-order valence-corrected chi connectivity index (χ4v) is 5.94. The number of hydrogen-bond donors (Lipinski definition) is 1. The monoisotopic (exact) mass is 506 g/mol. The normalized spacial score (nSPS) is 20.4. The van der Waals surface area contributed by atoms with Gasteiger partial charge in [-0.15, -0.1) is 0 Å². The van der Waals surface area contributed by atoms with Crippen molar-refractivity contribution in [2.24, 2.45) is 5.92 Å². The Balaban J connectivity index is 1.53. The minimum Gasteiger partial charge on any atom is -0.307 e. The Morgan fingerprint density at radius 2 is 1.69 bits per heavy atom. The molecule has 7 nitrogen and oxygen atoms in total. The Labute approximate surface area is 209 Å². The van der Waals surface area contributed by atoms with Crippen molar-refractivity contribution in [3.63, 3.8) is 0 Å². The number of halogens is 1. The van der Waals surface area contributed by atoms with Crippen LogP contribution >= 0.6 is 0 Å². The molecule has 5 rings (SSSR count). The van der Waals surface area contributed by atoms with Gasteiger partial charge in [-0.1, -0.05) is 37.3 Å². The summed E-state index contributed by atoms with van der Waals surface area (Å²) in [7, 11) is -3.54. The summed E-state index contributed by atoms with van der Waals surface area (Å²) < 4.78 is 42.3. The van der Waals surface area contributed by atoms with Crippen LogP contribution in [0.1, 0.15) is 18.9 Å². The van der Waals surface area contributed by atoms with Crippen LogP contribution in [0.3, 0.4) is 0 Å². The van der Waals surface area contributed by atoms with Crippen molar-refractivity contribution in [2.45, 2.75) is 31.8 Å². The molecule has 0 saturated carbocycles. The highest BCUT2D eigenvalue weighted by Gasteiger charge is 2.48. The van der Waals surface area contributed by atoms with Crippen molar-refractivity contribution in [2.75, 3.05) is 11.2 Å². The van der Waals surface area contributed by atoms with Crippen LogP contribution in [0.2, 0.25) is 0 Å². The molecule has 9 heteroatoms. The van der Waals surface area contributed by atoms with Crippen molar-refractivity contribution < 1.29 is 17.6 Å². The molecule has 0 radical (unpaired) electrons. The lowest BCUT2D eigenvalue weighted by Gasteiger charge is -2.27. The highest BCUT2D eigenvalue weighted by atomic mass is 32.2. The molecular weight excluding hydrogens is 479 g/mol. The van der Waals surface area contributed by atoms with Crippen molar-refractivity contribution in [3.8, 4) is 5.69 Å². The number of carbonyl (C=O) groups is 1. The maximum absolute atomic E-state index is 13.8. The van der Waals surface area contributed by atoms with Crippen molar-refractivity contribution >= 4 is 32.5 Å². The molecule has 3 atom stereocenters. The fourth-order valence-electron chi connectivity index (χ4n) is 5.13. The summed E-state index contributed by atoms with van der Waals surface area (Å²) in [6.45, 7) is 1.96. The molecule has 1 N–H and O–H groups in total. The number of nitrogens with zero attached hydrogens (tertiary/aromatic N) is 3. The minimum atomic E-state index is -3.54. The molecule has 3 aromatic carbocycles. The molecule has 1 aromatic heterocycles. The Bertz CT molecular complexity index is 1500. The zero-order valence-corrected chi connectivity index (χ0v) is 20.8. The average Bonchev–Trinajstić information content (AvgIpc) is 3.38. The van der Waals surface area contributed by atoms with Gasteiger partial charge in [-0.3, -0.25) is 4.79 Å². The van der Waals surface area contributed by atoms with E-state index in [2.05, 4.69) is 9.82 Å². The van der Waals surface area contributed by atoms with Crippen LogP contribution in [0.15, 0.2) is 79.0 Å². The second-order valence-corrected chi connectivity index (χ2v) is 11.0. The number of amides is 1. The summed E-state index contributed by atoms with van der Waals surface area (Å²) in [4.78, 5) is 15.5. The van der Waals surface area contributed by atoms with Gasteiger partial charge in [0, 0.05) is 11.1 Å². The summed E-state index contributed by atoms with van der Waals surface area (Å²) in [5.41, 5.74) is 3.21. The van der Waals surface area contributed by atoms with Crippen molar-refractivity contribution in [1.29, 1.82) is 0 Å². The molecular formula is C27H27FN4O3S. The number of nitrogens with one attached hydrogen (secondary N) is 1. The number of rotatable bonds is 7.